The molecule has 1 atom stereocenters. The molecule has 28 heavy (non-hydrogen) atoms. The third kappa shape index (κ3) is 4.34. The molecule has 2 aromatic carbocycles. The summed E-state index contributed by atoms with van der Waals surface area (Å²) in [5.41, 5.74) is 0.838. The molecule has 1 aromatic heterocycles. The van der Waals surface area contributed by atoms with E-state index in [9.17, 15) is 13.6 Å². The van der Waals surface area contributed by atoms with E-state index in [1.54, 1.807) is 4.90 Å². The minimum Gasteiger partial charge on any atom is -0.376 e. The van der Waals surface area contributed by atoms with Crippen LogP contribution in [0.15, 0.2) is 47.4 Å². The molecule has 0 spiro atoms. The summed E-state index contributed by atoms with van der Waals surface area (Å²) in [7, 11) is 0. The molecule has 1 unspecified atom stereocenters. The maximum absolute atomic E-state index is 13.9. The molecule has 1 aliphatic rings. The van der Waals surface area contributed by atoms with Crippen molar-refractivity contribution in [1.29, 1.82) is 0 Å². The van der Waals surface area contributed by atoms with Gasteiger partial charge in [-0.3, -0.25) is 9.69 Å². The lowest BCUT2D eigenvalue weighted by molar-refractivity contribution is -0.116. The predicted octanol–water partition coefficient (Wildman–Crippen LogP) is 4.88. The Balaban J connectivity index is 1.54. The number of para-hydroxylation sites is 1. The quantitative estimate of drug-likeness (QED) is 0.533. The maximum Gasteiger partial charge on any atom is 0.239 e. The highest BCUT2D eigenvalue weighted by molar-refractivity contribution is 8.00. The van der Waals surface area contributed by atoms with E-state index in [0.29, 0.717) is 18.3 Å². The van der Waals surface area contributed by atoms with Gasteiger partial charge < -0.3 is 4.74 Å². The second-order valence-electron chi connectivity index (χ2n) is 6.47. The molecule has 0 bridgehead atoms. The van der Waals surface area contributed by atoms with Gasteiger partial charge in [0.25, 0.3) is 0 Å². The highest BCUT2D eigenvalue weighted by Gasteiger charge is 2.26. The van der Waals surface area contributed by atoms with Crippen molar-refractivity contribution in [3.05, 3.63) is 54.1 Å². The number of amides is 1. The third-order valence-corrected chi connectivity index (χ3v) is 6.56. The second kappa shape index (κ2) is 8.55. The lowest BCUT2D eigenvalue weighted by atomic mass is 10.2. The molecule has 0 saturated carbocycles. The van der Waals surface area contributed by atoms with Crippen molar-refractivity contribution >= 4 is 44.4 Å². The van der Waals surface area contributed by atoms with E-state index < -0.39 is 11.6 Å². The van der Waals surface area contributed by atoms with Crippen molar-refractivity contribution in [3.63, 3.8) is 0 Å². The Labute approximate surface area is 169 Å². The van der Waals surface area contributed by atoms with E-state index in [4.69, 9.17) is 4.74 Å². The Kier molecular flexibility index (Phi) is 5.89. The molecule has 8 heteroatoms. The van der Waals surface area contributed by atoms with Gasteiger partial charge in [0, 0.05) is 17.6 Å². The van der Waals surface area contributed by atoms with E-state index >= 15 is 0 Å². The maximum atomic E-state index is 13.9. The Morgan fingerprint density at radius 3 is 2.89 bits per heavy atom. The summed E-state index contributed by atoms with van der Waals surface area (Å²) >= 11 is 2.50. The number of anilines is 1. The molecule has 2 heterocycles. The van der Waals surface area contributed by atoms with Gasteiger partial charge in [-0.1, -0.05) is 23.5 Å². The Bertz CT molecular complexity index is 956. The lowest BCUT2D eigenvalue weighted by Crippen LogP contribution is -2.38. The summed E-state index contributed by atoms with van der Waals surface area (Å²) in [5.74, 6) is -1.44. The SMILES string of the molecule is O=C(CSc1ccc(F)cc1F)N(CC1CCCO1)c1nc2ccccc2s1. The van der Waals surface area contributed by atoms with Gasteiger partial charge in [-0.15, -0.1) is 11.8 Å². The first-order valence-electron chi connectivity index (χ1n) is 8.95. The van der Waals surface area contributed by atoms with E-state index in [1.165, 1.54) is 23.5 Å². The van der Waals surface area contributed by atoms with Crippen molar-refractivity contribution in [3.8, 4) is 0 Å². The standard InChI is InChI=1S/C20H18F2N2O2S2/c21-13-7-8-17(15(22)10-13)27-12-19(25)24(11-14-4-3-9-26-14)20-23-16-5-1-2-6-18(16)28-20/h1-2,5-8,10,14H,3-4,9,11-12H2. The fourth-order valence-electron chi connectivity index (χ4n) is 3.06. The van der Waals surface area contributed by atoms with Crippen LogP contribution in [0.3, 0.4) is 0 Å². The number of rotatable bonds is 6. The molecule has 3 aromatic rings. The first-order chi connectivity index (χ1) is 13.6. The van der Waals surface area contributed by atoms with Gasteiger partial charge in [0.1, 0.15) is 11.6 Å². The van der Waals surface area contributed by atoms with Gasteiger partial charge in [0.15, 0.2) is 5.13 Å². The largest absolute Gasteiger partial charge is 0.376 e. The third-order valence-electron chi connectivity index (χ3n) is 4.47. The highest BCUT2D eigenvalue weighted by Crippen LogP contribution is 2.31. The second-order valence-corrected chi connectivity index (χ2v) is 8.49. The predicted molar refractivity (Wildman–Crippen MR) is 108 cm³/mol. The molecule has 4 rings (SSSR count). The first-order valence-corrected chi connectivity index (χ1v) is 10.8. The number of benzene rings is 2. The summed E-state index contributed by atoms with van der Waals surface area (Å²) in [6.45, 7) is 1.12. The van der Waals surface area contributed by atoms with Crippen LogP contribution < -0.4 is 4.90 Å². The van der Waals surface area contributed by atoms with Crippen LogP contribution in [0.2, 0.25) is 0 Å². The summed E-state index contributed by atoms with van der Waals surface area (Å²) in [6, 6.07) is 11.1. The van der Waals surface area contributed by atoms with Crippen molar-refractivity contribution in [2.75, 3.05) is 23.8 Å². The molecule has 0 aliphatic carbocycles. The molecular formula is C20H18F2N2O2S2. The minimum absolute atomic E-state index is 0.0245. The average molecular weight is 421 g/mol. The van der Waals surface area contributed by atoms with Crippen LogP contribution in [0.1, 0.15) is 12.8 Å². The van der Waals surface area contributed by atoms with Gasteiger partial charge in [0.2, 0.25) is 5.91 Å². The monoisotopic (exact) mass is 420 g/mol. The van der Waals surface area contributed by atoms with Gasteiger partial charge >= 0.3 is 0 Å². The highest BCUT2D eigenvalue weighted by atomic mass is 32.2. The smallest absolute Gasteiger partial charge is 0.239 e. The van der Waals surface area contributed by atoms with Crippen LogP contribution >= 0.6 is 23.1 Å². The van der Waals surface area contributed by atoms with Crippen molar-refractivity contribution < 1.29 is 18.3 Å². The van der Waals surface area contributed by atoms with Gasteiger partial charge in [0.05, 0.1) is 28.6 Å². The normalized spacial score (nSPS) is 16.6. The number of aromatic nitrogens is 1. The van der Waals surface area contributed by atoms with E-state index in [1.807, 2.05) is 24.3 Å². The zero-order valence-corrected chi connectivity index (χ0v) is 16.6. The zero-order chi connectivity index (χ0) is 19.5. The number of fused-ring (bicyclic) bond motifs is 1. The molecule has 1 saturated heterocycles. The molecule has 0 N–H and O–H groups in total. The fraction of sp³-hybridized carbons (Fsp3) is 0.300. The minimum atomic E-state index is -0.663. The Morgan fingerprint density at radius 1 is 1.29 bits per heavy atom. The molecule has 1 amide bonds. The molecule has 0 radical (unpaired) electrons. The zero-order valence-electron chi connectivity index (χ0n) is 14.9. The first kappa shape index (κ1) is 19.3. The summed E-state index contributed by atoms with van der Waals surface area (Å²) in [4.78, 5) is 19.5. The number of nitrogens with zero attached hydrogens (tertiary/aromatic N) is 2. The number of halogens is 2. The van der Waals surface area contributed by atoms with E-state index in [2.05, 4.69) is 4.98 Å². The molecule has 4 nitrogen and oxygen atoms in total. The van der Waals surface area contributed by atoms with Gasteiger partial charge in [-0.25, -0.2) is 13.8 Å². The number of carbonyl (C=O) groups is 1. The fourth-order valence-corrected chi connectivity index (χ4v) is 4.85. The number of hydrogen-bond donors (Lipinski definition) is 0. The van der Waals surface area contributed by atoms with Crippen molar-refractivity contribution in [1.82, 2.24) is 4.98 Å². The summed E-state index contributed by atoms with van der Waals surface area (Å²) < 4.78 is 33.7. The number of carbonyl (C=O) groups excluding carboxylic acids is 1. The Hall–Kier alpha value is -2.03. The molecule has 1 fully saturated rings. The van der Waals surface area contributed by atoms with Crippen molar-refractivity contribution in [2.45, 2.75) is 23.8 Å². The summed E-state index contributed by atoms with van der Waals surface area (Å²) in [5, 5.41) is 0.613. The van der Waals surface area contributed by atoms with Crippen LogP contribution in [0.25, 0.3) is 10.2 Å². The van der Waals surface area contributed by atoms with Crippen LogP contribution in [0.4, 0.5) is 13.9 Å². The number of thiazole rings is 1. The molecule has 1 aliphatic heterocycles. The van der Waals surface area contributed by atoms with E-state index in [0.717, 1.165) is 40.9 Å². The molecular weight excluding hydrogens is 402 g/mol. The lowest BCUT2D eigenvalue weighted by Gasteiger charge is -2.23. The van der Waals surface area contributed by atoms with Crippen LogP contribution in [0, 0.1) is 11.6 Å². The summed E-state index contributed by atoms with van der Waals surface area (Å²) in [6.07, 6.45) is 1.85. The van der Waals surface area contributed by atoms with Crippen LogP contribution in [-0.2, 0) is 9.53 Å². The number of thioether (sulfide) groups is 1. The number of hydrogen-bond acceptors (Lipinski definition) is 5. The average Bonchev–Trinajstić information content (AvgIpc) is 3.34. The van der Waals surface area contributed by atoms with Gasteiger partial charge in [-0.05, 0) is 37.1 Å². The van der Waals surface area contributed by atoms with Crippen LogP contribution in [0.5, 0.6) is 0 Å². The topological polar surface area (TPSA) is 42.4 Å². The van der Waals surface area contributed by atoms with E-state index in [-0.39, 0.29) is 22.7 Å². The Morgan fingerprint density at radius 2 is 2.14 bits per heavy atom. The molecule has 146 valence electrons. The number of ether oxygens (including phenoxy) is 1. The van der Waals surface area contributed by atoms with Crippen LogP contribution in [-0.4, -0.2) is 35.9 Å². The van der Waals surface area contributed by atoms with Crippen molar-refractivity contribution in [2.24, 2.45) is 0 Å². The van der Waals surface area contributed by atoms with Gasteiger partial charge in [-0.2, -0.15) is 0 Å².